The van der Waals surface area contributed by atoms with Gasteiger partial charge in [0.25, 0.3) is 11.8 Å². The minimum Gasteiger partial charge on any atom is -0.507 e. The minimum absolute atomic E-state index is 0.0531. The summed E-state index contributed by atoms with van der Waals surface area (Å²) in [5.41, 5.74) is 3.94. The molecule has 4 aromatic rings. The molecule has 0 aliphatic heterocycles. The molecule has 0 atom stereocenters. The summed E-state index contributed by atoms with van der Waals surface area (Å²) in [6.45, 7) is 0. The van der Waals surface area contributed by atoms with Crippen molar-refractivity contribution in [3.8, 4) is 5.75 Å². The van der Waals surface area contributed by atoms with Crippen molar-refractivity contribution in [2.75, 3.05) is 5.32 Å². The average molecular weight is 444 g/mol. The second-order valence-corrected chi connectivity index (χ2v) is 7.36. The number of phenols is 1. The number of benzene rings is 4. The molecule has 6 nitrogen and oxygen atoms in total. The number of halogens is 1. The van der Waals surface area contributed by atoms with Gasteiger partial charge in [-0.15, -0.1) is 0 Å². The fourth-order valence-electron chi connectivity index (χ4n) is 3.22. The molecule has 0 unspecified atom stereocenters. The Kier molecular flexibility index (Phi) is 6.14. The van der Waals surface area contributed by atoms with Crippen LogP contribution in [0.3, 0.4) is 0 Å². The van der Waals surface area contributed by atoms with Crippen LogP contribution < -0.4 is 10.7 Å². The summed E-state index contributed by atoms with van der Waals surface area (Å²) in [7, 11) is 0. The monoisotopic (exact) mass is 443 g/mol. The summed E-state index contributed by atoms with van der Waals surface area (Å²) in [5, 5.41) is 19.2. The van der Waals surface area contributed by atoms with Gasteiger partial charge in [0.15, 0.2) is 0 Å². The van der Waals surface area contributed by atoms with Gasteiger partial charge in [-0.2, -0.15) is 5.10 Å². The van der Waals surface area contributed by atoms with Crippen molar-refractivity contribution < 1.29 is 14.7 Å². The van der Waals surface area contributed by atoms with Crippen LogP contribution in [0.25, 0.3) is 10.8 Å². The Hall–Kier alpha value is -4.16. The molecule has 32 heavy (non-hydrogen) atoms. The summed E-state index contributed by atoms with van der Waals surface area (Å²) >= 11 is 5.86. The van der Waals surface area contributed by atoms with Gasteiger partial charge in [-0.05, 0) is 53.2 Å². The summed E-state index contributed by atoms with van der Waals surface area (Å²) in [5.74, 6) is -0.823. The number of hydrogen-bond acceptors (Lipinski definition) is 4. The van der Waals surface area contributed by atoms with Gasteiger partial charge in [0, 0.05) is 16.1 Å². The number of carbonyl (C=O) groups is 2. The SMILES string of the molecule is O=C(Nc1ccccc1C(=O)N/N=C\c1c(O)ccc2ccccc12)c1ccc(Cl)cc1. The van der Waals surface area contributed by atoms with Crippen LogP contribution in [0, 0.1) is 0 Å². The third kappa shape index (κ3) is 4.61. The van der Waals surface area contributed by atoms with Gasteiger partial charge >= 0.3 is 0 Å². The normalized spacial score (nSPS) is 10.9. The molecule has 3 N–H and O–H groups in total. The lowest BCUT2D eigenvalue weighted by molar-refractivity contribution is 0.0956. The molecule has 0 aliphatic rings. The number of hydrogen-bond donors (Lipinski definition) is 3. The largest absolute Gasteiger partial charge is 0.507 e. The molecule has 0 saturated heterocycles. The van der Waals surface area contributed by atoms with Crippen LogP contribution in [0.5, 0.6) is 5.75 Å². The second kappa shape index (κ2) is 9.32. The van der Waals surface area contributed by atoms with Crippen LogP contribution in [-0.2, 0) is 0 Å². The minimum atomic E-state index is -0.506. The molecular formula is C25H18ClN3O3. The van der Waals surface area contributed by atoms with E-state index in [0.717, 1.165) is 10.8 Å². The van der Waals surface area contributed by atoms with E-state index in [1.807, 2.05) is 24.3 Å². The highest BCUT2D eigenvalue weighted by Gasteiger charge is 2.14. The molecule has 0 fully saturated rings. The molecule has 0 radical (unpaired) electrons. The maximum Gasteiger partial charge on any atom is 0.273 e. The van der Waals surface area contributed by atoms with Gasteiger partial charge in [-0.3, -0.25) is 9.59 Å². The van der Waals surface area contributed by atoms with E-state index in [-0.39, 0.29) is 17.2 Å². The zero-order chi connectivity index (χ0) is 22.5. The molecule has 4 rings (SSSR count). The third-order valence-electron chi connectivity index (χ3n) is 4.83. The smallest absolute Gasteiger partial charge is 0.273 e. The van der Waals surface area contributed by atoms with Crippen molar-refractivity contribution in [2.24, 2.45) is 5.10 Å². The summed E-state index contributed by atoms with van der Waals surface area (Å²) < 4.78 is 0. The van der Waals surface area contributed by atoms with Crippen LogP contribution in [0.1, 0.15) is 26.3 Å². The molecule has 4 aromatic carbocycles. The Balaban J connectivity index is 1.52. The molecule has 0 aliphatic carbocycles. The first-order valence-corrected chi connectivity index (χ1v) is 10.1. The molecular weight excluding hydrogens is 426 g/mol. The van der Waals surface area contributed by atoms with Crippen molar-refractivity contribution >= 4 is 46.1 Å². The van der Waals surface area contributed by atoms with Gasteiger partial charge in [0.1, 0.15) is 5.75 Å². The highest BCUT2D eigenvalue weighted by Crippen LogP contribution is 2.25. The predicted octanol–water partition coefficient (Wildman–Crippen LogP) is 5.22. The van der Waals surface area contributed by atoms with Gasteiger partial charge in [-0.1, -0.05) is 54.1 Å². The number of phenolic OH excluding ortho intramolecular Hbond substituents is 1. The number of amides is 2. The van der Waals surface area contributed by atoms with Crippen LogP contribution in [0.15, 0.2) is 90.0 Å². The molecule has 0 aromatic heterocycles. The van der Waals surface area contributed by atoms with Crippen molar-refractivity contribution in [3.05, 3.63) is 107 Å². The zero-order valence-electron chi connectivity index (χ0n) is 16.7. The Morgan fingerprint density at radius 1 is 0.844 bits per heavy atom. The Labute approximate surface area is 189 Å². The zero-order valence-corrected chi connectivity index (χ0v) is 17.5. The van der Waals surface area contributed by atoms with Crippen molar-refractivity contribution in [1.29, 1.82) is 0 Å². The van der Waals surface area contributed by atoms with E-state index in [1.54, 1.807) is 60.7 Å². The van der Waals surface area contributed by atoms with Crippen LogP contribution in [0.2, 0.25) is 5.02 Å². The van der Waals surface area contributed by atoms with E-state index in [9.17, 15) is 14.7 Å². The number of para-hydroxylation sites is 1. The van der Waals surface area contributed by atoms with Crippen molar-refractivity contribution in [1.82, 2.24) is 5.43 Å². The van der Waals surface area contributed by atoms with Gasteiger partial charge in [-0.25, -0.2) is 5.43 Å². The summed E-state index contributed by atoms with van der Waals surface area (Å²) in [6.07, 6.45) is 1.39. The number of anilines is 1. The van der Waals surface area contributed by atoms with Gasteiger partial charge in [0.05, 0.1) is 17.5 Å². The number of hydrazone groups is 1. The second-order valence-electron chi connectivity index (χ2n) is 6.93. The molecule has 7 heteroatoms. The standard InChI is InChI=1S/C25H18ClN3O3/c26-18-12-9-17(10-13-18)24(31)28-22-8-4-3-7-20(22)25(32)29-27-15-21-19-6-2-1-5-16(19)11-14-23(21)30/h1-15,30H,(H,28,31)(H,29,32)/b27-15-. The number of fused-ring (bicyclic) bond motifs is 1. The third-order valence-corrected chi connectivity index (χ3v) is 5.09. The fraction of sp³-hybridized carbons (Fsp3) is 0. The van der Waals surface area contributed by atoms with Crippen LogP contribution >= 0.6 is 11.6 Å². The number of aromatic hydroxyl groups is 1. The maximum absolute atomic E-state index is 12.7. The first-order valence-electron chi connectivity index (χ1n) is 9.73. The van der Waals surface area contributed by atoms with Crippen molar-refractivity contribution in [3.63, 3.8) is 0 Å². The Morgan fingerprint density at radius 2 is 1.56 bits per heavy atom. The highest BCUT2D eigenvalue weighted by atomic mass is 35.5. The fourth-order valence-corrected chi connectivity index (χ4v) is 3.35. The maximum atomic E-state index is 12.7. The topological polar surface area (TPSA) is 90.8 Å². The number of carbonyl (C=O) groups excluding carboxylic acids is 2. The lowest BCUT2D eigenvalue weighted by Crippen LogP contribution is -2.21. The lowest BCUT2D eigenvalue weighted by atomic mass is 10.0. The number of rotatable bonds is 5. The van der Waals surface area contributed by atoms with E-state index in [2.05, 4.69) is 15.8 Å². The van der Waals surface area contributed by atoms with Gasteiger partial charge in [0.2, 0.25) is 0 Å². The van der Waals surface area contributed by atoms with E-state index in [4.69, 9.17) is 11.6 Å². The summed E-state index contributed by atoms with van der Waals surface area (Å²) in [4.78, 5) is 25.2. The molecule has 158 valence electrons. The van der Waals surface area contributed by atoms with E-state index in [0.29, 0.717) is 21.8 Å². The molecule has 0 spiro atoms. The Bertz CT molecular complexity index is 1330. The quantitative estimate of drug-likeness (QED) is 0.292. The van der Waals surface area contributed by atoms with E-state index >= 15 is 0 Å². The molecule has 2 amide bonds. The van der Waals surface area contributed by atoms with Crippen LogP contribution in [0.4, 0.5) is 5.69 Å². The lowest BCUT2D eigenvalue weighted by Gasteiger charge is -2.10. The van der Waals surface area contributed by atoms with Crippen LogP contribution in [-0.4, -0.2) is 23.1 Å². The molecule has 0 heterocycles. The van der Waals surface area contributed by atoms with Crippen molar-refractivity contribution in [2.45, 2.75) is 0 Å². The highest BCUT2D eigenvalue weighted by molar-refractivity contribution is 6.30. The number of nitrogens with zero attached hydrogens (tertiary/aromatic N) is 1. The predicted molar refractivity (Wildman–Crippen MR) is 127 cm³/mol. The number of nitrogens with one attached hydrogen (secondary N) is 2. The first kappa shape index (κ1) is 21.1. The molecule has 0 saturated carbocycles. The average Bonchev–Trinajstić information content (AvgIpc) is 2.81. The van der Waals surface area contributed by atoms with E-state index < -0.39 is 5.91 Å². The van der Waals surface area contributed by atoms with E-state index in [1.165, 1.54) is 6.21 Å². The molecule has 0 bridgehead atoms. The first-order chi connectivity index (χ1) is 15.5. The summed E-state index contributed by atoms with van der Waals surface area (Å²) in [6, 6.07) is 24.0. The van der Waals surface area contributed by atoms with Gasteiger partial charge < -0.3 is 10.4 Å². The Morgan fingerprint density at radius 3 is 2.38 bits per heavy atom.